The molecule has 0 aliphatic carbocycles. The minimum Gasteiger partial charge on any atom is -0.395 e. The highest BCUT2D eigenvalue weighted by Gasteiger charge is 2.28. The lowest BCUT2D eigenvalue weighted by Crippen LogP contribution is -2.38. The summed E-state index contributed by atoms with van der Waals surface area (Å²) in [6.07, 6.45) is 1.79. The van der Waals surface area contributed by atoms with Crippen molar-refractivity contribution >= 4 is 11.8 Å². The lowest BCUT2D eigenvalue weighted by molar-refractivity contribution is -0.0329. The fraction of sp³-hybridized carbons (Fsp3) is 1.00. The summed E-state index contributed by atoms with van der Waals surface area (Å²) in [6.45, 7) is 4.83. The van der Waals surface area contributed by atoms with E-state index in [2.05, 4.69) is 0 Å². The van der Waals surface area contributed by atoms with E-state index in [0.717, 1.165) is 12.8 Å². The number of aliphatic hydroxyl groups excluding tert-OH is 1. The van der Waals surface area contributed by atoms with Crippen molar-refractivity contribution in [3.63, 3.8) is 0 Å². The predicted molar refractivity (Wildman–Crippen MR) is 61.5 cm³/mol. The highest BCUT2D eigenvalue weighted by molar-refractivity contribution is 8.00. The number of nitrogens with zero attached hydrogens (tertiary/aromatic N) is 1. The summed E-state index contributed by atoms with van der Waals surface area (Å²) in [4.78, 5) is 1.93. The molecule has 0 saturated heterocycles. The third-order valence-electron chi connectivity index (χ3n) is 2.49. The van der Waals surface area contributed by atoms with Crippen molar-refractivity contribution in [2.75, 3.05) is 25.4 Å². The summed E-state index contributed by atoms with van der Waals surface area (Å²) in [5, 5.41) is 8.87. The zero-order valence-corrected chi connectivity index (χ0v) is 10.6. The zero-order chi connectivity index (χ0) is 12.6. The second kappa shape index (κ2) is 8.20. The van der Waals surface area contributed by atoms with Crippen LogP contribution in [0, 0.1) is 0 Å². The van der Waals surface area contributed by atoms with Gasteiger partial charge in [0, 0.05) is 24.9 Å². The van der Waals surface area contributed by atoms with E-state index in [9.17, 15) is 13.2 Å². The molecule has 0 atom stereocenters. The minimum absolute atomic E-state index is 0.00284. The Kier molecular flexibility index (Phi) is 8.23. The van der Waals surface area contributed by atoms with Gasteiger partial charge in [-0.25, -0.2) is 0 Å². The van der Waals surface area contributed by atoms with E-state index < -0.39 is 5.51 Å². The number of halogens is 3. The lowest BCUT2D eigenvalue weighted by Gasteiger charge is -2.29. The van der Waals surface area contributed by atoms with Crippen molar-refractivity contribution < 1.29 is 18.3 Å². The van der Waals surface area contributed by atoms with Crippen LogP contribution in [0.5, 0.6) is 0 Å². The lowest BCUT2D eigenvalue weighted by atomic mass is 10.1. The van der Waals surface area contributed by atoms with E-state index in [4.69, 9.17) is 5.11 Å². The largest absolute Gasteiger partial charge is 0.441 e. The van der Waals surface area contributed by atoms with Gasteiger partial charge in [-0.1, -0.05) is 13.8 Å². The fourth-order valence-electron chi connectivity index (χ4n) is 1.69. The van der Waals surface area contributed by atoms with Gasteiger partial charge in [0.05, 0.1) is 6.61 Å². The Balaban J connectivity index is 4.02. The smallest absolute Gasteiger partial charge is 0.395 e. The van der Waals surface area contributed by atoms with Gasteiger partial charge in [-0.3, -0.25) is 4.90 Å². The third-order valence-corrected chi connectivity index (χ3v) is 3.20. The average Bonchev–Trinajstić information content (AvgIpc) is 2.17. The molecule has 0 fully saturated rings. The number of alkyl halides is 3. The van der Waals surface area contributed by atoms with Crippen molar-refractivity contribution in [1.29, 1.82) is 0 Å². The van der Waals surface area contributed by atoms with Crippen molar-refractivity contribution in [3.05, 3.63) is 0 Å². The normalized spacial score (nSPS) is 12.8. The molecule has 0 saturated carbocycles. The Labute approximate surface area is 99.2 Å². The monoisotopic (exact) mass is 259 g/mol. The second-order valence-electron chi connectivity index (χ2n) is 3.52. The highest BCUT2D eigenvalue weighted by Crippen LogP contribution is 2.30. The van der Waals surface area contributed by atoms with E-state index >= 15 is 0 Å². The molecule has 2 nitrogen and oxygen atoms in total. The van der Waals surface area contributed by atoms with Crippen LogP contribution in [-0.4, -0.2) is 47.0 Å². The van der Waals surface area contributed by atoms with Crippen LogP contribution in [0.4, 0.5) is 13.2 Å². The van der Waals surface area contributed by atoms with Gasteiger partial charge in [0.25, 0.3) is 0 Å². The van der Waals surface area contributed by atoms with Crippen LogP contribution in [0.15, 0.2) is 0 Å². The molecule has 0 bridgehead atoms. The maximum atomic E-state index is 12.0. The summed E-state index contributed by atoms with van der Waals surface area (Å²) in [7, 11) is 0. The number of aliphatic hydroxyl groups is 1. The molecular weight excluding hydrogens is 239 g/mol. The summed E-state index contributed by atoms with van der Waals surface area (Å²) >= 11 is 0.00284. The number of hydrogen-bond acceptors (Lipinski definition) is 3. The van der Waals surface area contributed by atoms with E-state index in [0.29, 0.717) is 13.1 Å². The quantitative estimate of drug-likeness (QED) is 0.725. The Morgan fingerprint density at radius 2 is 1.75 bits per heavy atom. The Morgan fingerprint density at radius 3 is 2.12 bits per heavy atom. The molecule has 0 unspecified atom stereocenters. The molecule has 1 N–H and O–H groups in total. The van der Waals surface area contributed by atoms with Gasteiger partial charge in [-0.15, -0.1) is 0 Å². The Morgan fingerprint density at radius 1 is 1.19 bits per heavy atom. The van der Waals surface area contributed by atoms with Gasteiger partial charge < -0.3 is 5.11 Å². The highest BCUT2D eigenvalue weighted by atomic mass is 32.2. The standard InChI is InChI=1S/C10H20F3NOS/c1-3-9(4-2)14(5-7-15)6-8-16-10(11,12)13/h9,15H,3-8H2,1-2H3. The van der Waals surface area contributed by atoms with E-state index in [1.165, 1.54) is 0 Å². The molecule has 0 aliphatic rings. The first-order chi connectivity index (χ1) is 7.44. The average molecular weight is 259 g/mol. The predicted octanol–water partition coefficient (Wildman–Crippen LogP) is 2.72. The number of hydrogen-bond donors (Lipinski definition) is 1. The first-order valence-corrected chi connectivity index (χ1v) is 6.48. The molecule has 0 amide bonds. The number of rotatable bonds is 8. The SMILES string of the molecule is CCC(CC)N(CCO)CCSC(F)(F)F. The molecule has 0 aliphatic heterocycles. The van der Waals surface area contributed by atoms with Crippen LogP contribution in [0.25, 0.3) is 0 Å². The molecule has 16 heavy (non-hydrogen) atoms. The summed E-state index contributed by atoms with van der Waals surface area (Å²) in [6, 6.07) is 0.265. The van der Waals surface area contributed by atoms with Crippen LogP contribution in [0.2, 0.25) is 0 Å². The Hall–Kier alpha value is 0.0600. The van der Waals surface area contributed by atoms with E-state index in [1.807, 2.05) is 18.7 Å². The van der Waals surface area contributed by atoms with E-state index in [1.54, 1.807) is 0 Å². The third kappa shape index (κ3) is 7.35. The topological polar surface area (TPSA) is 23.5 Å². The van der Waals surface area contributed by atoms with Crippen LogP contribution in [-0.2, 0) is 0 Å². The van der Waals surface area contributed by atoms with Gasteiger partial charge in [0.15, 0.2) is 0 Å². The summed E-state index contributed by atoms with van der Waals surface area (Å²) in [5.41, 5.74) is -4.15. The molecule has 0 spiro atoms. The first-order valence-electron chi connectivity index (χ1n) is 5.50. The maximum absolute atomic E-state index is 12.0. The minimum atomic E-state index is -4.15. The van der Waals surface area contributed by atoms with Crippen molar-refractivity contribution in [3.8, 4) is 0 Å². The number of thioether (sulfide) groups is 1. The molecule has 0 aromatic carbocycles. The maximum Gasteiger partial charge on any atom is 0.441 e. The van der Waals surface area contributed by atoms with Gasteiger partial charge in [-0.05, 0) is 24.6 Å². The van der Waals surface area contributed by atoms with Gasteiger partial charge >= 0.3 is 5.51 Å². The summed E-state index contributed by atoms with van der Waals surface area (Å²) in [5.74, 6) is 0.0278. The second-order valence-corrected chi connectivity index (χ2v) is 4.68. The van der Waals surface area contributed by atoms with Crippen LogP contribution >= 0.6 is 11.8 Å². The van der Waals surface area contributed by atoms with Crippen LogP contribution < -0.4 is 0 Å². The molecule has 98 valence electrons. The van der Waals surface area contributed by atoms with Crippen molar-refractivity contribution in [2.45, 2.75) is 38.2 Å². The molecule has 0 heterocycles. The van der Waals surface area contributed by atoms with Gasteiger partial charge in [-0.2, -0.15) is 13.2 Å². The molecule has 0 rings (SSSR count). The van der Waals surface area contributed by atoms with Crippen LogP contribution in [0.1, 0.15) is 26.7 Å². The molecule has 0 aromatic rings. The van der Waals surface area contributed by atoms with Crippen LogP contribution in [0.3, 0.4) is 0 Å². The summed E-state index contributed by atoms with van der Waals surface area (Å²) < 4.78 is 35.9. The van der Waals surface area contributed by atoms with E-state index in [-0.39, 0.29) is 30.2 Å². The zero-order valence-electron chi connectivity index (χ0n) is 9.76. The molecule has 0 aromatic heterocycles. The van der Waals surface area contributed by atoms with Gasteiger partial charge in [0.1, 0.15) is 0 Å². The van der Waals surface area contributed by atoms with Gasteiger partial charge in [0.2, 0.25) is 0 Å². The van der Waals surface area contributed by atoms with Crippen molar-refractivity contribution in [1.82, 2.24) is 4.90 Å². The first kappa shape index (κ1) is 16.1. The molecular formula is C10H20F3NOS. The fourth-order valence-corrected chi connectivity index (χ4v) is 2.25. The Bertz CT molecular complexity index is 174. The molecule has 6 heteroatoms. The van der Waals surface area contributed by atoms with Crippen molar-refractivity contribution in [2.24, 2.45) is 0 Å². The molecule has 0 radical (unpaired) electrons.